The topological polar surface area (TPSA) is 101 Å². The summed E-state index contributed by atoms with van der Waals surface area (Å²) in [7, 11) is 0. The lowest BCUT2D eigenvalue weighted by Gasteiger charge is -2.17. The molecule has 1 aromatic carbocycles. The number of ether oxygens (including phenoxy) is 1. The van der Waals surface area contributed by atoms with E-state index >= 15 is 0 Å². The summed E-state index contributed by atoms with van der Waals surface area (Å²) in [6, 6.07) is 10.0. The van der Waals surface area contributed by atoms with Crippen molar-refractivity contribution in [2.24, 2.45) is 0 Å². The van der Waals surface area contributed by atoms with E-state index in [1.54, 1.807) is 22.5 Å². The van der Waals surface area contributed by atoms with Gasteiger partial charge in [-0.25, -0.2) is 9.97 Å². The molecule has 1 fully saturated rings. The van der Waals surface area contributed by atoms with Gasteiger partial charge in [0.15, 0.2) is 6.23 Å². The van der Waals surface area contributed by atoms with Gasteiger partial charge in [-0.1, -0.05) is 36.9 Å². The van der Waals surface area contributed by atoms with Crippen LogP contribution in [0.15, 0.2) is 54.5 Å². The van der Waals surface area contributed by atoms with Crippen LogP contribution in [0.4, 0.5) is 0 Å². The number of thioether (sulfide) groups is 1. The van der Waals surface area contributed by atoms with E-state index in [1.165, 1.54) is 11.9 Å². The van der Waals surface area contributed by atoms with Gasteiger partial charge >= 0.3 is 0 Å². The maximum Gasteiger partial charge on any atom is 0.164 e. The number of aliphatic hydroxyl groups is 3. The van der Waals surface area contributed by atoms with Crippen LogP contribution in [0, 0.1) is 0 Å². The molecule has 8 heteroatoms. The van der Waals surface area contributed by atoms with Crippen LogP contribution in [0.1, 0.15) is 17.4 Å². The second-order valence-electron chi connectivity index (χ2n) is 6.60. The van der Waals surface area contributed by atoms with Gasteiger partial charge in [-0.05, 0) is 17.2 Å². The smallest absolute Gasteiger partial charge is 0.164 e. The Hall–Kier alpha value is -2.23. The molecule has 3 N–H and O–H groups in total. The summed E-state index contributed by atoms with van der Waals surface area (Å²) in [5.74, 6) is 0.753. The average molecular weight is 399 g/mol. The second-order valence-corrected chi connectivity index (χ2v) is 7.57. The van der Waals surface area contributed by atoms with E-state index in [-0.39, 0.29) is 6.61 Å². The van der Waals surface area contributed by atoms with Crippen LogP contribution < -0.4 is 0 Å². The lowest BCUT2D eigenvalue weighted by Crippen LogP contribution is -2.33. The zero-order valence-electron chi connectivity index (χ0n) is 15.0. The van der Waals surface area contributed by atoms with Crippen LogP contribution in [-0.2, 0) is 10.5 Å². The van der Waals surface area contributed by atoms with Gasteiger partial charge < -0.3 is 24.6 Å². The van der Waals surface area contributed by atoms with Crippen LogP contribution in [0.25, 0.3) is 17.1 Å². The molecular formula is C20H21N3O4S. The molecular weight excluding hydrogens is 378 g/mol. The average Bonchev–Trinajstić information content (AvgIpc) is 3.28. The van der Waals surface area contributed by atoms with Crippen molar-refractivity contribution >= 4 is 28.9 Å². The second kappa shape index (κ2) is 8.02. The van der Waals surface area contributed by atoms with E-state index < -0.39 is 24.5 Å². The third-order valence-corrected chi connectivity index (χ3v) is 5.93. The van der Waals surface area contributed by atoms with E-state index in [0.29, 0.717) is 5.65 Å². The maximum atomic E-state index is 10.3. The maximum absolute atomic E-state index is 10.3. The number of rotatable bonds is 6. The zero-order chi connectivity index (χ0) is 19.7. The number of hydrogen-bond donors (Lipinski definition) is 3. The number of nitrogens with zero attached hydrogens (tertiary/aromatic N) is 3. The number of benzene rings is 1. The molecule has 0 bridgehead atoms. The number of hydrogen-bond acceptors (Lipinski definition) is 7. The molecule has 28 heavy (non-hydrogen) atoms. The fourth-order valence-electron chi connectivity index (χ4n) is 3.28. The minimum Gasteiger partial charge on any atom is -0.394 e. The Morgan fingerprint density at radius 3 is 2.61 bits per heavy atom. The van der Waals surface area contributed by atoms with E-state index in [0.717, 1.165) is 21.7 Å². The summed E-state index contributed by atoms with van der Waals surface area (Å²) in [6.45, 7) is 3.39. The fraction of sp³-hybridized carbons (Fsp3) is 0.300. The van der Waals surface area contributed by atoms with Gasteiger partial charge in [0.25, 0.3) is 0 Å². The van der Waals surface area contributed by atoms with Crippen molar-refractivity contribution in [2.45, 2.75) is 35.3 Å². The quantitative estimate of drug-likeness (QED) is 0.430. The Morgan fingerprint density at radius 2 is 1.93 bits per heavy atom. The highest BCUT2D eigenvalue weighted by Gasteiger charge is 2.43. The third-order valence-electron chi connectivity index (χ3n) is 4.85. The Balaban J connectivity index is 1.57. The van der Waals surface area contributed by atoms with Gasteiger partial charge in [-0.3, -0.25) is 0 Å². The first-order valence-electron chi connectivity index (χ1n) is 8.90. The molecule has 0 saturated carbocycles. The molecule has 0 unspecified atom stereocenters. The first-order valence-corrected chi connectivity index (χ1v) is 9.89. The predicted molar refractivity (Wildman–Crippen MR) is 107 cm³/mol. The Kier molecular flexibility index (Phi) is 5.47. The van der Waals surface area contributed by atoms with Gasteiger partial charge in [0.1, 0.15) is 35.3 Å². The fourth-order valence-corrected chi connectivity index (χ4v) is 4.21. The van der Waals surface area contributed by atoms with Crippen LogP contribution in [0.2, 0.25) is 0 Å². The molecule has 1 aliphatic heterocycles. The Morgan fingerprint density at radius 1 is 1.14 bits per heavy atom. The molecule has 3 heterocycles. The molecule has 2 aromatic heterocycles. The van der Waals surface area contributed by atoms with Gasteiger partial charge in [-0.2, -0.15) is 0 Å². The van der Waals surface area contributed by atoms with Crippen molar-refractivity contribution in [3.63, 3.8) is 0 Å². The highest BCUT2D eigenvalue weighted by Crippen LogP contribution is 2.34. The number of fused-ring (bicyclic) bond motifs is 1. The molecule has 4 atom stereocenters. The molecule has 0 aliphatic carbocycles. The molecule has 0 radical (unpaired) electrons. The monoisotopic (exact) mass is 399 g/mol. The van der Waals surface area contributed by atoms with Crippen LogP contribution in [0.5, 0.6) is 0 Å². The number of aliphatic hydroxyl groups excluding tert-OH is 3. The summed E-state index contributed by atoms with van der Waals surface area (Å²) < 4.78 is 7.29. The molecule has 0 amide bonds. The summed E-state index contributed by atoms with van der Waals surface area (Å²) in [5, 5.41) is 31.3. The van der Waals surface area contributed by atoms with E-state index in [2.05, 4.69) is 28.7 Å². The molecule has 1 aliphatic rings. The van der Waals surface area contributed by atoms with Crippen molar-refractivity contribution in [2.75, 3.05) is 6.61 Å². The Bertz CT molecular complexity index is 975. The third kappa shape index (κ3) is 3.45. The van der Waals surface area contributed by atoms with Crippen LogP contribution in [-0.4, -0.2) is 54.8 Å². The molecule has 0 spiro atoms. The largest absolute Gasteiger partial charge is 0.394 e. The van der Waals surface area contributed by atoms with Crippen LogP contribution in [0.3, 0.4) is 0 Å². The highest BCUT2D eigenvalue weighted by atomic mass is 32.2. The first-order chi connectivity index (χ1) is 13.6. The lowest BCUT2D eigenvalue weighted by atomic mass is 10.1. The molecule has 3 aromatic rings. The van der Waals surface area contributed by atoms with Crippen molar-refractivity contribution in [1.82, 2.24) is 14.5 Å². The van der Waals surface area contributed by atoms with Gasteiger partial charge in [0.2, 0.25) is 0 Å². The van der Waals surface area contributed by atoms with Crippen LogP contribution >= 0.6 is 11.8 Å². The normalized spacial score (nSPS) is 24.7. The minimum atomic E-state index is -1.15. The highest BCUT2D eigenvalue weighted by molar-refractivity contribution is 7.98. The summed E-state index contributed by atoms with van der Waals surface area (Å²) in [4.78, 5) is 8.72. The first kappa shape index (κ1) is 19.1. The summed E-state index contributed by atoms with van der Waals surface area (Å²) >= 11 is 1.60. The summed E-state index contributed by atoms with van der Waals surface area (Å²) in [5.41, 5.74) is 2.85. The van der Waals surface area contributed by atoms with Gasteiger partial charge in [0, 0.05) is 11.9 Å². The summed E-state index contributed by atoms with van der Waals surface area (Å²) in [6.07, 6.45) is 1.09. The zero-order valence-corrected chi connectivity index (χ0v) is 15.9. The van der Waals surface area contributed by atoms with Crippen molar-refractivity contribution in [1.29, 1.82) is 0 Å². The standard InChI is InChI=1S/C20H21N3O4S/c1-2-12-3-5-13(6-4-12)10-28-19-14-7-8-23(18(14)21-11-22-19)20-17(26)16(25)15(9-24)27-20/h2-8,11,15-17,20,24-26H,1,9-10H2/t15-,16-,17-,20-/m1/s1. The molecule has 7 nitrogen and oxygen atoms in total. The van der Waals surface area contributed by atoms with E-state index in [4.69, 9.17) is 4.74 Å². The number of aromatic nitrogens is 3. The minimum absolute atomic E-state index is 0.366. The van der Waals surface area contributed by atoms with Crippen molar-refractivity contribution < 1.29 is 20.1 Å². The van der Waals surface area contributed by atoms with Gasteiger partial charge in [0.05, 0.1) is 12.0 Å². The van der Waals surface area contributed by atoms with E-state index in [9.17, 15) is 15.3 Å². The van der Waals surface area contributed by atoms with E-state index in [1.807, 2.05) is 24.3 Å². The van der Waals surface area contributed by atoms with Gasteiger partial charge in [-0.15, -0.1) is 11.8 Å². The predicted octanol–water partition coefficient (Wildman–Crippen LogP) is 1.98. The molecule has 1 saturated heterocycles. The van der Waals surface area contributed by atoms with Crippen molar-refractivity contribution in [3.05, 3.63) is 60.6 Å². The van der Waals surface area contributed by atoms with Crippen molar-refractivity contribution in [3.8, 4) is 0 Å². The Labute approximate surface area is 166 Å². The SMILES string of the molecule is C=Cc1ccc(CSc2ncnc3c2ccn3[C@@H]2O[C@H](CO)[C@@H](O)[C@H]2O)cc1. The lowest BCUT2D eigenvalue weighted by molar-refractivity contribution is -0.0508. The molecule has 146 valence electrons. The molecule has 4 rings (SSSR count).